The number of nitrogens with zero attached hydrogens (tertiary/aromatic N) is 1. The van der Waals surface area contributed by atoms with Crippen LogP contribution in [0, 0.1) is 5.82 Å². The molecule has 1 N–H and O–H groups in total. The molecule has 12 heteroatoms. The fourth-order valence-corrected chi connectivity index (χ4v) is 5.13. The minimum atomic E-state index is -4.98. The lowest BCUT2D eigenvalue weighted by Crippen LogP contribution is -2.37. The Bertz CT molecular complexity index is 1300. The van der Waals surface area contributed by atoms with Crippen molar-refractivity contribution in [1.29, 1.82) is 0 Å². The highest BCUT2D eigenvalue weighted by Gasteiger charge is 2.34. The molecule has 0 fully saturated rings. The summed E-state index contributed by atoms with van der Waals surface area (Å²) in [6.07, 6.45) is -4.98. The Labute approximate surface area is 203 Å². The molecule has 3 aromatic rings. The molecule has 3 aromatic carbocycles. The van der Waals surface area contributed by atoms with Gasteiger partial charge in [0.1, 0.15) is 10.7 Å². The zero-order chi connectivity index (χ0) is 25.1. The molecule has 0 aliphatic carbocycles. The molecule has 0 saturated heterocycles. The van der Waals surface area contributed by atoms with Crippen molar-refractivity contribution in [2.24, 2.45) is 0 Å². The molecular weight excluding hydrogens is 519 g/mol. The van der Waals surface area contributed by atoms with Gasteiger partial charge in [-0.15, -0.1) is 0 Å². The van der Waals surface area contributed by atoms with Crippen molar-refractivity contribution in [3.8, 4) is 0 Å². The number of hydrogen-bond donors (Lipinski definition) is 1. The number of alkyl halides is 3. The third-order valence-electron chi connectivity index (χ3n) is 4.59. The Morgan fingerprint density at radius 1 is 0.971 bits per heavy atom. The van der Waals surface area contributed by atoms with Crippen molar-refractivity contribution >= 4 is 44.8 Å². The summed E-state index contributed by atoms with van der Waals surface area (Å²) in [5.74, 6) is -2.45. The lowest BCUT2D eigenvalue weighted by Gasteiger charge is -2.23. The summed E-state index contributed by atoms with van der Waals surface area (Å²) < 4.78 is 79.9. The standard InChI is InChI=1S/C22H16Cl2F4N2O3S/c23-15-6-8-18(24)20(10-15)34(32,33)30(12-14-4-2-1-3-5-14)13-21(31)29-16-7-9-19(25)17(11-16)22(26,27)28/h1-11H,12-13H2,(H,29,31). The maximum absolute atomic E-state index is 13.5. The fourth-order valence-electron chi connectivity index (χ4n) is 3.01. The van der Waals surface area contributed by atoms with Gasteiger partial charge < -0.3 is 5.32 Å². The van der Waals surface area contributed by atoms with E-state index in [0.29, 0.717) is 17.7 Å². The van der Waals surface area contributed by atoms with Crippen molar-refractivity contribution in [3.05, 3.63) is 93.7 Å². The summed E-state index contributed by atoms with van der Waals surface area (Å²) in [5, 5.41) is 2.14. The van der Waals surface area contributed by atoms with Crippen LogP contribution in [-0.2, 0) is 27.5 Å². The maximum atomic E-state index is 13.5. The van der Waals surface area contributed by atoms with Crippen molar-refractivity contribution in [3.63, 3.8) is 0 Å². The molecule has 0 atom stereocenters. The second-order valence-corrected chi connectivity index (χ2v) is 9.82. The van der Waals surface area contributed by atoms with Crippen LogP contribution in [0.4, 0.5) is 23.2 Å². The van der Waals surface area contributed by atoms with Crippen molar-refractivity contribution < 1.29 is 30.8 Å². The highest BCUT2D eigenvalue weighted by Crippen LogP contribution is 2.33. The molecule has 0 unspecified atom stereocenters. The smallest absolute Gasteiger partial charge is 0.325 e. The van der Waals surface area contributed by atoms with Crippen LogP contribution >= 0.6 is 23.2 Å². The molecule has 34 heavy (non-hydrogen) atoms. The van der Waals surface area contributed by atoms with E-state index in [1.165, 1.54) is 12.1 Å². The van der Waals surface area contributed by atoms with Crippen molar-refractivity contribution in [2.75, 3.05) is 11.9 Å². The van der Waals surface area contributed by atoms with Gasteiger partial charge in [-0.3, -0.25) is 4.79 Å². The molecule has 5 nitrogen and oxygen atoms in total. The van der Waals surface area contributed by atoms with E-state index in [2.05, 4.69) is 5.32 Å². The highest BCUT2D eigenvalue weighted by atomic mass is 35.5. The first-order chi connectivity index (χ1) is 15.9. The third kappa shape index (κ3) is 6.26. The Balaban J connectivity index is 1.92. The van der Waals surface area contributed by atoms with Gasteiger partial charge in [0, 0.05) is 17.3 Å². The van der Waals surface area contributed by atoms with Gasteiger partial charge in [0.2, 0.25) is 15.9 Å². The molecular formula is C22H16Cl2F4N2O3S. The Morgan fingerprint density at radius 2 is 1.65 bits per heavy atom. The van der Waals surface area contributed by atoms with Crippen LogP contribution in [0.15, 0.2) is 71.6 Å². The number of rotatable bonds is 7. The first-order valence-corrected chi connectivity index (χ1v) is 11.7. The van der Waals surface area contributed by atoms with E-state index in [0.717, 1.165) is 16.4 Å². The van der Waals surface area contributed by atoms with Gasteiger partial charge >= 0.3 is 6.18 Å². The number of carbonyl (C=O) groups excluding carboxylic acids is 1. The molecule has 0 heterocycles. The van der Waals surface area contributed by atoms with Crippen LogP contribution in [0.2, 0.25) is 10.0 Å². The Morgan fingerprint density at radius 3 is 2.29 bits per heavy atom. The lowest BCUT2D eigenvalue weighted by molar-refractivity contribution is -0.140. The van der Waals surface area contributed by atoms with E-state index in [1.807, 2.05) is 0 Å². The predicted molar refractivity (Wildman–Crippen MR) is 121 cm³/mol. The average molecular weight is 535 g/mol. The monoisotopic (exact) mass is 534 g/mol. The number of hydrogen-bond acceptors (Lipinski definition) is 3. The van der Waals surface area contributed by atoms with Crippen LogP contribution in [0.3, 0.4) is 0 Å². The summed E-state index contributed by atoms with van der Waals surface area (Å²) >= 11 is 12.0. The molecule has 0 radical (unpaired) electrons. The van der Waals surface area contributed by atoms with Gasteiger partial charge in [-0.2, -0.15) is 17.5 Å². The van der Waals surface area contributed by atoms with Crippen LogP contribution in [0.1, 0.15) is 11.1 Å². The number of anilines is 1. The molecule has 0 aromatic heterocycles. The predicted octanol–water partition coefficient (Wildman–Crippen LogP) is 5.98. The number of benzene rings is 3. The van der Waals surface area contributed by atoms with E-state index in [-0.39, 0.29) is 27.2 Å². The molecule has 0 spiro atoms. The first kappa shape index (κ1) is 26.0. The van der Waals surface area contributed by atoms with Crippen molar-refractivity contribution in [1.82, 2.24) is 4.31 Å². The summed E-state index contributed by atoms with van der Waals surface area (Å²) in [5.41, 5.74) is -1.38. The van der Waals surface area contributed by atoms with E-state index >= 15 is 0 Å². The average Bonchev–Trinajstić information content (AvgIpc) is 2.76. The van der Waals surface area contributed by atoms with Gasteiger partial charge in [0.25, 0.3) is 0 Å². The molecule has 0 aliphatic heterocycles. The second-order valence-electron chi connectivity index (χ2n) is 7.07. The minimum absolute atomic E-state index is 0.0954. The summed E-state index contributed by atoms with van der Waals surface area (Å²) in [6.45, 7) is -1.00. The first-order valence-electron chi connectivity index (χ1n) is 9.53. The van der Waals surface area contributed by atoms with Gasteiger partial charge in [0.05, 0.1) is 17.1 Å². The maximum Gasteiger partial charge on any atom is 0.419 e. The number of carbonyl (C=O) groups is 1. The van der Waals surface area contributed by atoms with Gasteiger partial charge in [-0.1, -0.05) is 53.5 Å². The fraction of sp³-hybridized carbons (Fsp3) is 0.136. The van der Waals surface area contributed by atoms with Gasteiger partial charge in [-0.05, 0) is 42.0 Å². The van der Waals surface area contributed by atoms with E-state index in [9.17, 15) is 30.8 Å². The van der Waals surface area contributed by atoms with Crippen LogP contribution in [-0.4, -0.2) is 25.2 Å². The normalized spacial score (nSPS) is 12.1. The largest absolute Gasteiger partial charge is 0.419 e. The summed E-state index contributed by atoms with van der Waals surface area (Å²) in [6, 6.07) is 14.1. The summed E-state index contributed by atoms with van der Waals surface area (Å²) in [7, 11) is -4.36. The van der Waals surface area contributed by atoms with E-state index in [4.69, 9.17) is 23.2 Å². The van der Waals surface area contributed by atoms with Crippen LogP contribution < -0.4 is 5.32 Å². The van der Waals surface area contributed by atoms with Gasteiger partial charge in [-0.25, -0.2) is 12.8 Å². The number of sulfonamides is 1. The van der Waals surface area contributed by atoms with E-state index in [1.54, 1.807) is 30.3 Å². The topological polar surface area (TPSA) is 66.5 Å². The number of amides is 1. The van der Waals surface area contributed by atoms with Crippen molar-refractivity contribution in [2.45, 2.75) is 17.6 Å². The van der Waals surface area contributed by atoms with Crippen LogP contribution in [0.5, 0.6) is 0 Å². The number of halogens is 6. The van der Waals surface area contributed by atoms with E-state index < -0.39 is 40.0 Å². The third-order valence-corrected chi connectivity index (χ3v) is 7.10. The zero-order valence-electron chi connectivity index (χ0n) is 17.1. The Hall–Kier alpha value is -2.66. The zero-order valence-corrected chi connectivity index (χ0v) is 19.4. The van der Waals surface area contributed by atoms with Crippen LogP contribution in [0.25, 0.3) is 0 Å². The second kappa shape index (κ2) is 10.3. The Kier molecular flexibility index (Phi) is 7.87. The minimum Gasteiger partial charge on any atom is -0.325 e. The van der Waals surface area contributed by atoms with Gasteiger partial charge in [0.15, 0.2) is 0 Å². The lowest BCUT2D eigenvalue weighted by atomic mass is 10.2. The SMILES string of the molecule is O=C(CN(Cc1ccccc1)S(=O)(=O)c1cc(Cl)ccc1Cl)Nc1ccc(F)c(C(F)(F)F)c1. The number of nitrogens with one attached hydrogen (secondary N) is 1. The molecule has 0 aliphatic rings. The quantitative estimate of drug-likeness (QED) is 0.379. The highest BCUT2D eigenvalue weighted by molar-refractivity contribution is 7.89. The molecule has 0 saturated carbocycles. The molecule has 180 valence electrons. The molecule has 1 amide bonds. The molecule has 0 bridgehead atoms. The molecule has 3 rings (SSSR count). The summed E-state index contributed by atoms with van der Waals surface area (Å²) in [4.78, 5) is 12.3.